The molecule has 2 aromatic carbocycles. The van der Waals surface area contributed by atoms with Crippen LogP contribution in [0.4, 0.5) is 34.1 Å². The number of azo groups is 1. The third-order valence-electron chi connectivity index (χ3n) is 4.85. The van der Waals surface area contributed by atoms with Gasteiger partial charge in [0.05, 0.1) is 45.8 Å². The van der Waals surface area contributed by atoms with Gasteiger partial charge >= 0.3 is 11.7 Å². The van der Waals surface area contributed by atoms with Crippen LogP contribution in [0.2, 0.25) is 5.02 Å². The number of Topliss-reactive ketones (excluding diaryl/α,β-unsaturated/α-hetero) is 1. The van der Waals surface area contributed by atoms with Crippen LogP contribution in [0.5, 0.6) is 5.75 Å². The molecule has 0 aliphatic heterocycles. The third-order valence-corrected chi connectivity index (χ3v) is 5.14. The zero-order chi connectivity index (χ0) is 28.6. The number of hydrogen-bond acceptors (Lipinski definition) is 12. The Bertz CT molecular complexity index is 1310. The zero-order valence-electron chi connectivity index (χ0n) is 20.6. The summed E-state index contributed by atoms with van der Waals surface area (Å²) in [5, 5.41) is 35.3. The predicted molar refractivity (Wildman–Crippen MR) is 136 cm³/mol. The number of benzene rings is 2. The SMILES string of the molecule is COc1cc(N=Nc2c(Cl)cc([N+](=O)[O-])cc2[N+](=O)[O-])c(NC(C)=O)cc1NCCC(=O)OC(C)C(C)=O. The highest BCUT2D eigenvalue weighted by Gasteiger charge is 2.24. The molecule has 202 valence electrons. The minimum atomic E-state index is -0.891. The summed E-state index contributed by atoms with van der Waals surface area (Å²) in [5.74, 6) is -1.16. The maximum atomic E-state index is 11.9. The van der Waals surface area contributed by atoms with E-state index in [0.29, 0.717) is 11.8 Å². The summed E-state index contributed by atoms with van der Waals surface area (Å²) >= 11 is 6.00. The first-order valence-electron chi connectivity index (χ1n) is 10.8. The minimum absolute atomic E-state index is 0.0148. The highest BCUT2D eigenvalue weighted by molar-refractivity contribution is 6.33. The molecule has 2 aromatic rings. The van der Waals surface area contributed by atoms with Crippen LogP contribution in [0, 0.1) is 20.2 Å². The first kappa shape index (κ1) is 29.6. The molecule has 0 saturated heterocycles. The maximum Gasteiger partial charge on any atom is 0.308 e. The summed E-state index contributed by atoms with van der Waals surface area (Å²) in [6, 6.07) is 4.39. The topological polar surface area (TPSA) is 205 Å². The number of anilines is 2. The number of non-ortho nitro benzene ring substituents is 1. The molecule has 1 atom stereocenters. The van der Waals surface area contributed by atoms with Crippen molar-refractivity contribution in [3.05, 3.63) is 49.5 Å². The van der Waals surface area contributed by atoms with Crippen LogP contribution in [0.3, 0.4) is 0 Å². The lowest BCUT2D eigenvalue weighted by molar-refractivity contribution is -0.393. The summed E-state index contributed by atoms with van der Waals surface area (Å²) in [6.07, 6.45) is -0.951. The highest BCUT2D eigenvalue weighted by Crippen LogP contribution is 2.42. The quantitative estimate of drug-likeness (QED) is 0.159. The minimum Gasteiger partial charge on any atom is -0.495 e. The van der Waals surface area contributed by atoms with Crippen LogP contribution >= 0.6 is 11.6 Å². The number of nitro groups is 2. The Morgan fingerprint density at radius 1 is 1.05 bits per heavy atom. The average molecular weight is 551 g/mol. The van der Waals surface area contributed by atoms with Gasteiger partial charge in [-0.2, -0.15) is 0 Å². The van der Waals surface area contributed by atoms with Crippen molar-refractivity contribution in [3.8, 4) is 5.75 Å². The van der Waals surface area contributed by atoms with Crippen molar-refractivity contribution in [2.24, 2.45) is 10.2 Å². The number of carbonyl (C=O) groups excluding carboxylic acids is 3. The summed E-state index contributed by atoms with van der Waals surface area (Å²) < 4.78 is 10.3. The fourth-order valence-electron chi connectivity index (χ4n) is 2.91. The van der Waals surface area contributed by atoms with E-state index in [9.17, 15) is 34.6 Å². The molecule has 0 spiro atoms. The molecule has 0 heterocycles. The van der Waals surface area contributed by atoms with E-state index in [1.54, 1.807) is 0 Å². The number of amides is 1. The number of ketones is 1. The summed E-state index contributed by atoms with van der Waals surface area (Å²) in [7, 11) is 1.35. The number of methoxy groups -OCH3 is 1. The molecule has 2 rings (SSSR count). The van der Waals surface area contributed by atoms with Crippen LogP contribution in [-0.2, 0) is 19.1 Å². The molecule has 15 nitrogen and oxygen atoms in total. The van der Waals surface area contributed by atoms with Crippen LogP contribution < -0.4 is 15.4 Å². The Morgan fingerprint density at radius 3 is 2.29 bits per heavy atom. The lowest BCUT2D eigenvalue weighted by atomic mass is 10.2. The molecular formula is C22H23ClN6O9. The third kappa shape index (κ3) is 7.92. The number of carbonyl (C=O) groups is 3. The van der Waals surface area contributed by atoms with Gasteiger partial charge in [0, 0.05) is 25.6 Å². The molecule has 0 aromatic heterocycles. The van der Waals surface area contributed by atoms with Gasteiger partial charge in [0.15, 0.2) is 17.6 Å². The molecule has 0 saturated carbocycles. The van der Waals surface area contributed by atoms with Gasteiger partial charge in [-0.15, -0.1) is 10.2 Å². The fourth-order valence-corrected chi connectivity index (χ4v) is 3.15. The van der Waals surface area contributed by atoms with Gasteiger partial charge in [-0.25, -0.2) is 0 Å². The number of ether oxygens (including phenoxy) is 2. The van der Waals surface area contributed by atoms with E-state index < -0.39 is 44.9 Å². The van der Waals surface area contributed by atoms with Gasteiger partial charge in [-0.3, -0.25) is 34.6 Å². The Kier molecular flexibility index (Phi) is 10.2. The molecule has 16 heteroatoms. The van der Waals surface area contributed by atoms with Crippen molar-refractivity contribution in [2.45, 2.75) is 33.3 Å². The summed E-state index contributed by atoms with van der Waals surface area (Å²) in [4.78, 5) is 55.7. The van der Waals surface area contributed by atoms with Gasteiger partial charge < -0.3 is 20.1 Å². The molecule has 0 fully saturated rings. The number of nitrogens with zero attached hydrogens (tertiary/aromatic N) is 4. The van der Waals surface area contributed by atoms with E-state index in [4.69, 9.17) is 21.1 Å². The second-order valence-electron chi connectivity index (χ2n) is 7.68. The van der Waals surface area contributed by atoms with Crippen LogP contribution in [0.25, 0.3) is 0 Å². The van der Waals surface area contributed by atoms with E-state index in [-0.39, 0.29) is 40.9 Å². The molecular weight excluding hydrogens is 528 g/mol. The normalized spacial score (nSPS) is 11.5. The average Bonchev–Trinajstić information content (AvgIpc) is 2.82. The molecule has 0 radical (unpaired) electrons. The standard InChI is InChI=1S/C22H23ClN6O9/c1-11(30)12(2)38-21(32)5-6-24-18-9-16(25-13(3)31)17(10-20(18)37-4)26-27-22-15(23)7-14(28(33)34)8-19(22)29(35)36/h7-10,12,24H,5-6H2,1-4H3,(H,25,31). The van der Waals surface area contributed by atoms with Gasteiger partial charge in [0.2, 0.25) is 5.91 Å². The maximum absolute atomic E-state index is 11.9. The van der Waals surface area contributed by atoms with Crippen LogP contribution in [0.15, 0.2) is 34.5 Å². The summed E-state index contributed by atoms with van der Waals surface area (Å²) in [6.45, 7) is 4.09. The highest BCUT2D eigenvalue weighted by atomic mass is 35.5. The van der Waals surface area contributed by atoms with Crippen LogP contribution in [-0.4, -0.2) is 47.3 Å². The van der Waals surface area contributed by atoms with E-state index >= 15 is 0 Å². The monoisotopic (exact) mass is 550 g/mol. The number of rotatable bonds is 12. The smallest absolute Gasteiger partial charge is 0.308 e. The fraction of sp³-hybridized carbons (Fsp3) is 0.318. The van der Waals surface area contributed by atoms with E-state index in [1.807, 2.05) is 0 Å². The Morgan fingerprint density at radius 2 is 1.74 bits per heavy atom. The van der Waals surface area contributed by atoms with Gasteiger partial charge in [-0.05, 0) is 19.9 Å². The molecule has 0 aliphatic carbocycles. The lowest BCUT2D eigenvalue weighted by Crippen LogP contribution is -2.23. The molecule has 1 amide bonds. The predicted octanol–water partition coefficient (Wildman–Crippen LogP) is 4.86. The van der Waals surface area contributed by atoms with Crippen molar-refractivity contribution >= 4 is 63.4 Å². The zero-order valence-corrected chi connectivity index (χ0v) is 21.4. The first-order valence-corrected chi connectivity index (χ1v) is 11.2. The molecule has 0 aliphatic rings. The van der Waals surface area contributed by atoms with Crippen molar-refractivity contribution < 1.29 is 33.7 Å². The largest absolute Gasteiger partial charge is 0.495 e. The van der Waals surface area contributed by atoms with Gasteiger partial charge in [-0.1, -0.05) is 11.6 Å². The Labute approximate surface area is 220 Å². The number of esters is 1. The number of nitro benzene ring substituents is 2. The van der Waals surface area contributed by atoms with Crippen molar-refractivity contribution in [3.63, 3.8) is 0 Å². The van der Waals surface area contributed by atoms with Crippen molar-refractivity contribution in [1.82, 2.24) is 0 Å². The molecule has 2 N–H and O–H groups in total. The number of hydrogen-bond donors (Lipinski definition) is 2. The number of nitrogens with one attached hydrogen (secondary N) is 2. The van der Waals surface area contributed by atoms with E-state index in [1.165, 1.54) is 40.0 Å². The summed E-state index contributed by atoms with van der Waals surface area (Å²) in [5.41, 5.74) is -1.29. The Balaban J connectivity index is 2.40. The second kappa shape index (κ2) is 13.0. The number of halogens is 1. The van der Waals surface area contributed by atoms with Gasteiger partial charge in [0.25, 0.3) is 5.69 Å². The second-order valence-corrected chi connectivity index (χ2v) is 8.09. The van der Waals surface area contributed by atoms with Crippen molar-refractivity contribution in [2.75, 3.05) is 24.3 Å². The molecule has 1 unspecified atom stereocenters. The molecule has 38 heavy (non-hydrogen) atoms. The van der Waals surface area contributed by atoms with Crippen molar-refractivity contribution in [1.29, 1.82) is 0 Å². The lowest BCUT2D eigenvalue weighted by Gasteiger charge is -2.15. The van der Waals surface area contributed by atoms with E-state index in [0.717, 1.165) is 6.07 Å². The van der Waals surface area contributed by atoms with Crippen LogP contribution in [0.1, 0.15) is 27.2 Å². The van der Waals surface area contributed by atoms with Gasteiger partial charge in [0.1, 0.15) is 11.4 Å². The molecule has 0 bridgehead atoms. The van der Waals surface area contributed by atoms with E-state index in [2.05, 4.69) is 20.9 Å². The Hall–Kier alpha value is -4.66. The first-order chi connectivity index (χ1) is 17.8.